The van der Waals surface area contributed by atoms with Gasteiger partial charge in [0.2, 0.25) is 0 Å². The standard InChI is InChI=1S/C58H116OSi/c1-6-9-12-15-17-19-21-22-24-26-28-31-36-40-54(39-35-30-27-25-23-20-18-16-13-10-7-2)50-53-60(4,5)52-38-33-32-37-51-59-58-48-46-57(47-49-58)56-44-42-55(43-45-56)41-34-29-14-11-8-3/h54-58H,6-53H2,1-5H3. The average molecular weight is 858 g/mol. The van der Waals surface area contributed by atoms with Crippen LogP contribution in [0.4, 0.5) is 0 Å². The molecule has 0 N–H and O–H groups in total. The molecular weight excluding hydrogens is 741 g/mol. The smallest absolute Gasteiger partial charge is 0.0575 e. The summed E-state index contributed by atoms with van der Waals surface area (Å²) in [7, 11) is -1.10. The Labute approximate surface area is 382 Å². The third-order valence-corrected chi connectivity index (χ3v) is 19.6. The fourth-order valence-electron chi connectivity index (χ4n) is 11.7. The van der Waals surface area contributed by atoms with Gasteiger partial charge in [-0.3, -0.25) is 0 Å². The first-order valence-corrected chi connectivity index (χ1v) is 32.5. The normalized spacial score (nSPS) is 20.6. The van der Waals surface area contributed by atoms with Crippen LogP contribution in [-0.2, 0) is 4.74 Å². The molecule has 0 amide bonds. The van der Waals surface area contributed by atoms with Crippen LogP contribution in [0.2, 0.25) is 25.2 Å². The molecule has 2 heteroatoms. The molecule has 2 aliphatic rings. The second-order valence-corrected chi connectivity index (χ2v) is 27.8. The molecule has 0 aliphatic heterocycles. The van der Waals surface area contributed by atoms with Crippen LogP contribution in [0.5, 0.6) is 0 Å². The predicted octanol–water partition coefficient (Wildman–Crippen LogP) is 21.2. The summed E-state index contributed by atoms with van der Waals surface area (Å²) in [5.41, 5.74) is 0. The maximum Gasteiger partial charge on any atom is 0.0575 e. The lowest BCUT2D eigenvalue weighted by Crippen LogP contribution is -2.28. The van der Waals surface area contributed by atoms with Gasteiger partial charge in [-0.1, -0.05) is 290 Å². The fraction of sp³-hybridized carbons (Fsp3) is 1.00. The molecule has 0 aromatic heterocycles. The molecule has 0 bridgehead atoms. The summed E-state index contributed by atoms with van der Waals surface area (Å²) >= 11 is 0. The minimum atomic E-state index is -1.10. The van der Waals surface area contributed by atoms with Crippen molar-refractivity contribution in [3.63, 3.8) is 0 Å². The molecule has 2 fully saturated rings. The number of hydrogen-bond acceptors (Lipinski definition) is 1. The van der Waals surface area contributed by atoms with Crippen LogP contribution >= 0.6 is 0 Å². The molecule has 1 nitrogen and oxygen atoms in total. The summed E-state index contributed by atoms with van der Waals surface area (Å²) in [6.45, 7) is 13.5. The Morgan fingerprint density at radius 2 is 0.733 bits per heavy atom. The van der Waals surface area contributed by atoms with Crippen LogP contribution in [0.3, 0.4) is 0 Å². The minimum absolute atomic E-state index is 0.574. The quantitative estimate of drug-likeness (QED) is 0.0438. The Morgan fingerprint density at radius 1 is 0.367 bits per heavy atom. The highest BCUT2D eigenvalue weighted by molar-refractivity contribution is 6.77. The highest BCUT2D eigenvalue weighted by Gasteiger charge is 2.31. The van der Waals surface area contributed by atoms with Crippen molar-refractivity contribution >= 4 is 8.07 Å². The summed E-state index contributed by atoms with van der Waals surface area (Å²) < 4.78 is 6.50. The van der Waals surface area contributed by atoms with E-state index in [2.05, 4.69) is 33.9 Å². The molecule has 0 spiro atoms. The van der Waals surface area contributed by atoms with Gasteiger partial charge in [0, 0.05) is 14.7 Å². The molecule has 2 saturated carbocycles. The summed E-state index contributed by atoms with van der Waals surface area (Å²) in [6, 6.07) is 3.14. The molecule has 0 heterocycles. The fourth-order valence-corrected chi connectivity index (χ4v) is 14.4. The van der Waals surface area contributed by atoms with E-state index in [-0.39, 0.29) is 0 Å². The van der Waals surface area contributed by atoms with E-state index in [1.807, 2.05) is 0 Å². The van der Waals surface area contributed by atoms with E-state index >= 15 is 0 Å². The van der Waals surface area contributed by atoms with E-state index in [1.54, 1.807) is 18.5 Å². The van der Waals surface area contributed by atoms with Gasteiger partial charge < -0.3 is 4.74 Å². The zero-order chi connectivity index (χ0) is 43.0. The number of hydrogen-bond donors (Lipinski definition) is 0. The Kier molecular flexibility index (Phi) is 38.2. The molecule has 0 saturated heterocycles. The lowest BCUT2D eigenvalue weighted by molar-refractivity contribution is 0.00529. The second kappa shape index (κ2) is 40.7. The highest BCUT2D eigenvalue weighted by atomic mass is 28.3. The van der Waals surface area contributed by atoms with Gasteiger partial charge in [0.25, 0.3) is 0 Å². The van der Waals surface area contributed by atoms with Crippen LogP contribution < -0.4 is 0 Å². The summed E-state index contributed by atoms with van der Waals surface area (Å²) in [5, 5.41) is 0. The maximum atomic E-state index is 6.50. The van der Waals surface area contributed by atoms with E-state index in [4.69, 9.17) is 4.74 Å². The van der Waals surface area contributed by atoms with Gasteiger partial charge in [0.1, 0.15) is 0 Å². The third-order valence-electron chi connectivity index (χ3n) is 16.3. The molecule has 1 unspecified atom stereocenters. The topological polar surface area (TPSA) is 9.23 Å². The van der Waals surface area contributed by atoms with Crippen molar-refractivity contribution in [3.05, 3.63) is 0 Å². The van der Waals surface area contributed by atoms with E-state index in [0.29, 0.717) is 6.10 Å². The van der Waals surface area contributed by atoms with Crippen molar-refractivity contribution < 1.29 is 4.74 Å². The Balaban J connectivity index is 1.54. The Bertz CT molecular complexity index is 853. The molecule has 0 aromatic carbocycles. The molecule has 60 heavy (non-hydrogen) atoms. The van der Waals surface area contributed by atoms with Crippen LogP contribution in [0.1, 0.15) is 310 Å². The van der Waals surface area contributed by atoms with Gasteiger partial charge in [0.15, 0.2) is 0 Å². The average Bonchev–Trinajstić information content (AvgIpc) is 3.26. The van der Waals surface area contributed by atoms with Crippen LogP contribution in [-0.4, -0.2) is 20.8 Å². The minimum Gasteiger partial charge on any atom is -0.378 e. The largest absolute Gasteiger partial charge is 0.378 e. The van der Waals surface area contributed by atoms with Gasteiger partial charge >= 0.3 is 0 Å². The molecule has 1 atom stereocenters. The second-order valence-electron chi connectivity index (χ2n) is 22.5. The van der Waals surface area contributed by atoms with E-state index in [0.717, 1.165) is 30.3 Å². The lowest BCUT2D eigenvalue weighted by atomic mass is 9.70. The molecule has 2 aliphatic carbocycles. The third kappa shape index (κ3) is 32.8. The SMILES string of the molecule is CCCCCCCCCCCCCCCC(CCCCCCCCCCCCC)CC[Si](C)(C)CCCCCCOC1CCC(C2CCC(CCCCCCC)CC2)CC1. The van der Waals surface area contributed by atoms with Gasteiger partial charge in [-0.15, -0.1) is 0 Å². The first-order valence-electron chi connectivity index (χ1n) is 29.1. The molecule has 2 rings (SSSR count). The van der Waals surface area contributed by atoms with Crippen LogP contribution in [0.25, 0.3) is 0 Å². The lowest BCUT2D eigenvalue weighted by Gasteiger charge is -2.38. The number of rotatable bonds is 44. The summed E-state index contributed by atoms with van der Waals surface area (Å²) in [4.78, 5) is 0. The van der Waals surface area contributed by atoms with Crippen molar-refractivity contribution in [1.29, 1.82) is 0 Å². The van der Waals surface area contributed by atoms with Gasteiger partial charge in [-0.2, -0.15) is 0 Å². The highest BCUT2D eigenvalue weighted by Crippen LogP contribution is 2.42. The Morgan fingerprint density at radius 3 is 1.18 bits per heavy atom. The summed E-state index contributed by atoms with van der Waals surface area (Å²) in [5.74, 6) is 4.13. The van der Waals surface area contributed by atoms with Gasteiger partial charge in [0.05, 0.1) is 6.10 Å². The Hall–Kier alpha value is 0.177. The molecule has 0 radical (unpaired) electrons. The van der Waals surface area contributed by atoms with Crippen LogP contribution in [0, 0.1) is 23.7 Å². The van der Waals surface area contributed by atoms with Gasteiger partial charge in [-0.05, 0) is 68.6 Å². The molecule has 358 valence electrons. The first-order chi connectivity index (χ1) is 29.5. The van der Waals surface area contributed by atoms with Crippen molar-refractivity contribution in [3.8, 4) is 0 Å². The number of ether oxygens (including phenoxy) is 1. The van der Waals surface area contributed by atoms with Crippen molar-refractivity contribution in [2.45, 2.75) is 341 Å². The zero-order valence-electron chi connectivity index (χ0n) is 42.7. The maximum absolute atomic E-state index is 6.50. The van der Waals surface area contributed by atoms with Gasteiger partial charge in [-0.25, -0.2) is 0 Å². The van der Waals surface area contributed by atoms with Crippen molar-refractivity contribution in [2.75, 3.05) is 6.61 Å². The monoisotopic (exact) mass is 857 g/mol. The van der Waals surface area contributed by atoms with E-state index < -0.39 is 8.07 Å². The zero-order valence-corrected chi connectivity index (χ0v) is 43.7. The van der Waals surface area contributed by atoms with Crippen molar-refractivity contribution in [2.24, 2.45) is 23.7 Å². The molecular formula is C58H116OSi. The van der Waals surface area contributed by atoms with E-state index in [1.165, 1.54) is 283 Å². The van der Waals surface area contributed by atoms with Crippen LogP contribution in [0.15, 0.2) is 0 Å². The van der Waals surface area contributed by atoms with Crippen molar-refractivity contribution in [1.82, 2.24) is 0 Å². The first kappa shape index (κ1) is 56.3. The summed E-state index contributed by atoms with van der Waals surface area (Å²) in [6.07, 6.45) is 66.7. The predicted molar refractivity (Wildman–Crippen MR) is 276 cm³/mol. The van der Waals surface area contributed by atoms with E-state index in [9.17, 15) is 0 Å². The number of unbranched alkanes of at least 4 members (excludes halogenated alkanes) is 29. The molecule has 0 aromatic rings.